The maximum Gasteiger partial charge on any atom is 0.224 e. The summed E-state index contributed by atoms with van der Waals surface area (Å²) in [5, 5.41) is 7.01. The fourth-order valence-electron chi connectivity index (χ4n) is 1.89. The van der Waals surface area contributed by atoms with Gasteiger partial charge in [0.15, 0.2) is 5.82 Å². The van der Waals surface area contributed by atoms with Crippen LogP contribution in [-0.4, -0.2) is 35.3 Å². The van der Waals surface area contributed by atoms with E-state index in [1.54, 1.807) is 6.20 Å². The predicted octanol–water partition coefficient (Wildman–Crippen LogP) is 2.54. The number of ether oxygens (including phenoxy) is 1. The Hall–Kier alpha value is -1.07. The largest absolute Gasteiger partial charge is 0.376 e. The third-order valence-corrected chi connectivity index (χ3v) is 3.25. The first-order valence-electron chi connectivity index (χ1n) is 6.35. The average molecular weight is 271 g/mol. The summed E-state index contributed by atoms with van der Waals surface area (Å²) < 4.78 is 5.51. The summed E-state index contributed by atoms with van der Waals surface area (Å²) in [6, 6.07) is 0.261. The van der Waals surface area contributed by atoms with Crippen LogP contribution in [-0.2, 0) is 4.74 Å². The highest BCUT2D eigenvalue weighted by Crippen LogP contribution is 2.24. The molecule has 1 aliphatic rings. The van der Waals surface area contributed by atoms with Crippen molar-refractivity contribution in [2.24, 2.45) is 0 Å². The van der Waals surface area contributed by atoms with Crippen LogP contribution in [0.15, 0.2) is 6.20 Å². The molecule has 0 bridgehead atoms. The fourth-order valence-corrected chi connectivity index (χ4v) is 2.03. The maximum atomic E-state index is 6.10. The number of hydrogen-bond donors (Lipinski definition) is 2. The van der Waals surface area contributed by atoms with Gasteiger partial charge in [0.25, 0.3) is 0 Å². The summed E-state index contributed by atoms with van der Waals surface area (Å²) in [5.74, 6) is 1.28. The number of rotatable bonds is 5. The lowest BCUT2D eigenvalue weighted by Crippen LogP contribution is -2.27. The second-order valence-electron chi connectivity index (χ2n) is 4.43. The van der Waals surface area contributed by atoms with Crippen molar-refractivity contribution in [3.05, 3.63) is 11.2 Å². The number of nitrogens with zero attached hydrogens (tertiary/aromatic N) is 2. The Morgan fingerprint density at radius 2 is 2.39 bits per heavy atom. The molecule has 100 valence electrons. The van der Waals surface area contributed by atoms with Crippen LogP contribution >= 0.6 is 11.6 Å². The van der Waals surface area contributed by atoms with E-state index in [-0.39, 0.29) is 12.1 Å². The summed E-state index contributed by atoms with van der Waals surface area (Å²) in [7, 11) is 0. The van der Waals surface area contributed by atoms with Gasteiger partial charge in [0.2, 0.25) is 5.95 Å². The second-order valence-corrected chi connectivity index (χ2v) is 4.84. The van der Waals surface area contributed by atoms with Crippen LogP contribution in [0.2, 0.25) is 5.02 Å². The quantitative estimate of drug-likeness (QED) is 0.861. The monoisotopic (exact) mass is 270 g/mol. The van der Waals surface area contributed by atoms with Crippen LogP contribution in [0.3, 0.4) is 0 Å². The van der Waals surface area contributed by atoms with E-state index in [0.29, 0.717) is 16.8 Å². The van der Waals surface area contributed by atoms with E-state index in [2.05, 4.69) is 34.4 Å². The van der Waals surface area contributed by atoms with E-state index in [9.17, 15) is 0 Å². The highest BCUT2D eigenvalue weighted by atomic mass is 35.5. The van der Waals surface area contributed by atoms with E-state index in [1.807, 2.05) is 0 Å². The molecule has 1 aromatic rings. The van der Waals surface area contributed by atoms with Gasteiger partial charge in [-0.25, -0.2) is 4.98 Å². The smallest absolute Gasteiger partial charge is 0.224 e. The first kappa shape index (κ1) is 13.4. The van der Waals surface area contributed by atoms with Crippen LogP contribution in [0.1, 0.15) is 26.7 Å². The zero-order valence-electron chi connectivity index (χ0n) is 10.7. The molecule has 18 heavy (non-hydrogen) atoms. The van der Waals surface area contributed by atoms with Crippen LogP contribution in [0.25, 0.3) is 0 Å². The van der Waals surface area contributed by atoms with Crippen molar-refractivity contribution in [2.45, 2.75) is 38.8 Å². The zero-order valence-corrected chi connectivity index (χ0v) is 11.5. The number of halogens is 1. The van der Waals surface area contributed by atoms with Gasteiger partial charge in [0.05, 0.1) is 18.3 Å². The molecule has 0 amide bonds. The maximum absolute atomic E-state index is 6.10. The fraction of sp³-hybridized carbons (Fsp3) is 0.667. The molecule has 2 rings (SSSR count). The highest BCUT2D eigenvalue weighted by Gasteiger charge is 2.25. The topological polar surface area (TPSA) is 59.1 Å². The number of anilines is 2. The first-order chi connectivity index (χ1) is 8.70. The molecule has 1 saturated heterocycles. The molecule has 1 aromatic heterocycles. The van der Waals surface area contributed by atoms with Gasteiger partial charge in [-0.2, -0.15) is 4.98 Å². The van der Waals surface area contributed by atoms with Crippen LogP contribution in [0.5, 0.6) is 0 Å². The van der Waals surface area contributed by atoms with E-state index >= 15 is 0 Å². The Labute approximate surface area is 112 Å². The minimum absolute atomic E-state index is 0.183. The minimum atomic E-state index is 0.183. The van der Waals surface area contributed by atoms with Crippen molar-refractivity contribution >= 4 is 23.4 Å². The molecule has 6 heteroatoms. The van der Waals surface area contributed by atoms with Gasteiger partial charge in [0, 0.05) is 13.2 Å². The van der Waals surface area contributed by atoms with Crippen LogP contribution in [0.4, 0.5) is 11.8 Å². The van der Waals surface area contributed by atoms with E-state index in [0.717, 1.165) is 26.0 Å². The number of nitrogens with one attached hydrogen (secondary N) is 2. The number of aromatic nitrogens is 2. The average Bonchev–Trinajstić information content (AvgIpc) is 2.76. The van der Waals surface area contributed by atoms with Crippen molar-refractivity contribution in [3.63, 3.8) is 0 Å². The molecule has 0 aromatic carbocycles. The predicted molar refractivity (Wildman–Crippen MR) is 73.3 cm³/mol. The van der Waals surface area contributed by atoms with Gasteiger partial charge in [0.1, 0.15) is 5.02 Å². The molecule has 0 aliphatic carbocycles. The summed E-state index contributed by atoms with van der Waals surface area (Å²) in [4.78, 5) is 8.53. The summed E-state index contributed by atoms with van der Waals surface area (Å²) >= 11 is 6.10. The Kier molecular flexibility index (Phi) is 4.60. The standard InChI is InChI=1S/C12H19ClN4O/c1-3-5-14-12-15-7-9(13)11(17-12)16-10-4-6-18-8(10)2/h7-8,10H,3-6H2,1-2H3,(H2,14,15,16,17). The van der Waals surface area contributed by atoms with Crippen molar-refractivity contribution in [1.82, 2.24) is 9.97 Å². The van der Waals surface area contributed by atoms with Crippen LogP contribution in [0, 0.1) is 0 Å². The second kappa shape index (κ2) is 6.20. The zero-order chi connectivity index (χ0) is 13.0. The van der Waals surface area contributed by atoms with Gasteiger partial charge >= 0.3 is 0 Å². The highest BCUT2D eigenvalue weighted by molar-refractivity contribution is 6.32. The van der Waals surface area contributed by atoms with Crippen molar-refractivity contribution in [3.8, 4) is 0 Å². The van der Waals surface area contributed by atoms with Gasteiger partial charge in [-0.3, -0.25) is 0 Å². The Morgan fingerprint density at radius 1 is 1.56 bits per heavy atom. The molecule has 0 saturated carbocycles. The first-order valence-corrected chi connectivity index (χ1v) is 6.73. The van der Waals surface area contributed by atoms with Gasteiger partial charge in [-0.1, -0.05) is 18.5 Å². The Morgan fingerprint density at radius 3 is 3.06 bits per heavy atom. The molecular formula is C12H19ClN4O. The molecular weight excluding hydrogens is 252 g/mol. The molecule has 1 aliphatic heterocycles. The molecule has 2 atom stereocenters. The molecule has 0 spiro atoms. The van der Waals surface area contributed by atoms with E-state index < -0.39 is 0 Å². The SMILES string of the molecule is CCCNc1ncc(Cl)c(NC2CCOC2C)n1. The summed E-state index contributed by atoms with van der Waals surface area (Å²) in [6.45, 7) is 5.78. The molecule has 2 unspecified atom stereocenters. The minimum Gasteiger partial charge on any atom is -0.376 e. The molecule has 1 fully saturated rings. The number of hydrogen-bond acceptors (Lipinski definition) is 5. The lowest BCUT2D eigenvalue weighted by Gasteiger charge is -2.17. The Balaban J connectivity index is 2.06. The lowest BCUT2D eigenvalue weighted by molar-refractivity contribution is 0.121. The third-order valence-electron chi connectivity index (χ3n) is 2.98. The summed E-state index contributed by atoms with van der Waals surface area (Å²) in [5.41, 5.74) is 0. The summed E-state index contributed by atoms with van der Waals surface area (Å²) in [6.07, 6.45) is 3.81. The van der Waals surface area contributed by atoms with Gasteiger partial charge in [-0.15, -0.1) is 0 Å². The van der Waals surface area contributed by atoms with Crippen LogP contribution < -0.4 is 10.6 Å². The van der Waals surface area contributed by atoms with Crippen molar-refractivity contribution in [2.75, 3.05) is 23.8 Å². The molecule has 2 heterocycles. The Bertz CT molecular complexity index is 402. The van der Waals surface area contributed by atoms with Crippen molar-refractivity contribution < 1.29 is 4.74 Å². The van der Waals surface area contributed by atoms with Crippen molar-refractivity contribution in [1.29, 1.82) is 0 Å². The molecule has 0 radical (unpaired) electrons. The normalized spacial score (nSPS) is 23.1. The molecule has 5 nitrogen and oxygen atoms in total. The van der Waals surface area contributed by atoms with Gasteiger partial charge in [-0.05, 0) is 19.8 Å². The third kappa shape index (κ3) is 3.23. The molecule has 2 N–H and O–H groups in total. The van der Waals surface area contributed by atoms with E-state index in [4.69, 9.17) is 16.3 Å². The van der Waals surface area contributed by atoms with Gasteiger partial charge < -0.3 is 15.4 Å². The lowest BCUT2D eigenvalue weighted by atomic mass is 10.1. The van der Waals surface area contributed by atoms with E-state index in [1.165, 1.54) is 0 Å².